The van der Waals surface area contributed by atoms with Crippen molar-refractivity contribution in [3.8, 4) is 11.3 Å². The number of anilines is 2. The minimum Gasteiger partial charge on any atom is -0.457 e. The summed E-state index contributed by atoms with van der Waals surface area (Å²) >= 11 is 18.1. The number of benzene rings is 2. The second-order valence-corrected chi connectivity index (χ2v) is 9.35. The molecular formula is C26H25Cl2N3O2S. The monoisotopic (exact) mass is 513 g/mol. The van der Waals surface area contributed by atoms with E-state index in [0.717, 1.165) is 48.4 Å². The fraction of sp³-hybridized carbons (Fsp3) is 0.231. The third-order valence-electron chi connectivity index (χ3n) is 5.63. The molecule has 8 heteroatoms. The van der Waals surface area contributed by atoms with Gasteiger partial charge in [0.2, 0.25) is 5.91 Å². The normalized spacial score (nSPS) is 13.8. The Labute approximate surface area is 214 Å². The van der Waals surface area contributed by atoms with E-state index in [4.69, 9.17) is 39.8 Å². The van der Waals surface area contributed by atoms with E-state index in [1.54, 1.807) is 12.1 Å². The lowest BCUT2D eigenvalue weighted by Gasteiger charge is -2.31. The van der Waals surface area contributed by atoms with E-state index in [0.29, 0.717) is 21.6 Å². The van der Waals surface area contributed by atoms with Crippen LogP contribution in [0.25, 0.3) is 17.4 Å². The van der Waals surface area contributed by atoms with Gasteiger partial charge in [-0.3, -0.25) is 10.1 Å². The Hall–Kier alpha value is -2.80. The number of carbonyl (C=O) groups is 1. The summed E-state index contributed by atoms with van der Waals surface area (Å²) in [5.41, 5.74) is 3.56. The van der Waals surface area contributed by atoms with Crippen LogP contribution >= 0.6 is 35.4 Å². The molecule has 4 rings (SSSR count). The van der Waals surface area contributed by atoms with Crippen LogP contribution in [0.4, 0.5) is 11.4 Å². The molecule has 176 valence electrons. The van der Waals surface area contributed by atoms with E-state index in [1.807, 2.05) is 49.4 Å². The third-order valence-corrected chi connectivity index (χ3v) is 6.54. The maximum Gasteiger partial charge on any atom is 0.250 e. The van der Waals surface area contributed by atoms with Crippen LogP contribution in [-0.4, -0.2) is 24.1 Å². The molecule has 0 atom stereocenters. The molecule has 2 N–H and O–H groups in total. The summed E-state index contributed by atoms with van der Waals surface area (Å²) in [5.74, 6) is 0.851. The van der Waals surface area contributed by atoms with Crippen molar-refractivity contribution in [2.45, 2.75) is 26.2 Å². The molecular weight excluding hydrogens is 489 g/mol. The van der Waals surface area contributed by atoms with Gasteiger partial charge in [-0.2, -0.15) is 0 Å². The Bertz CT molecular complexity index is 1230. The molecule has 0 saturated carbocycles. The van der Waals surface area contributed by atoms with Crippen molar-refractivity contribution in [3.63, 3.8) is 0 Å². The largest absolute Gasteiger partial charge is 0.457 e. The Morgan fingerprint density at radius 3 is 2.62 bits per heavy atom. The molecule has 3 aromatic rings. The molecule has 2 heterocycles. The minimum absolute atomic E-state index is 0.199. The van der Waals surface area contributed by atoms with Crippen molar-refractivity contribution in [1.29, 1.82) is 0 Å². The van der Waals surface area contributed by atoms with Gasteiger partial charge in [0.05, 0.1) is 16.4 Å². The number of thiocarbonyl (C=S) groups is 1. The molecule has 2 aromatic carbocycles. The molecule has 0 bridgehead atoms. The van der Waals surface area contributed by atoms with Crippen molar-refractivity contribution < 1.29 is 9.21 Å². The van der Waals surface area contributed by atoms with Crippen molar-refractivity contribution in [3.05, 3.63) is 76.0 Å². The highest BCUT2D eigenvalue weighted by Crippen LogP contribution is 2.35. The lowest BCUT2D eigenvalue weighted by atomic mass is 10.1. The number of halogens is 2. The maximum atomic E-state index is 12.4. The first-order valence-corrected chi connectivity index (χ1v) is 12.3. The number of aryl methyl sites for hydroxylation is 1. The summed E-state index contributed by atoms with van der Waals surface area (Å²) in [6, 6.07) is 15.0. The summed E-state index contributed by atoms with van der Waals surface area (Å²) in [5, 5.41) is 7.32. The number of nitrogens with zero attached hydrogens (tertiary/aromatic N) is 1. The third kappa shape index (κ3) is 6.00. The van der Waals surface area contributed by atoms with Crippen LogP contribution in [0.3, 0.4) is 0 Å². The first-order chi connectivity index (χ1) is 16.4. The summed E-state index contributed by atoms with van der Waals surface area (Å²) in [7, 11) is 0. The molecule has 1 amide bonds. The fourth-order valence-electron chi connectivity index (χ4n) is 3.86. The zero-order valence-electron chi connectivity index (χ0n) is 18.7. The molecule has 0 aliphatic carbocycles. The number of para-hydroxylation sites is 1. The maximum absolute atomic E-state index is 12.4. The van der Waals surface area contributed by atoms with Crippen molar-refractivity contribution >= 4 is 63.9 Å². The van der Waals surface area contributed by atoms with E-state index < -0.39 is 0 Å². The highest BCUT2D eigenvalue weighted by Gasteiger charge is 2.18. The molecule has 5 nitrogen and oxygen atoms in total. The molecule has 0 spiro atoms. The van der Waals surface area contributed by atoms with Crippen LogP contribution in [0.5, 0.6) is 0 Å². The number of furan rings is 1. The lowest BCUT2D eigenvalue weighted by molar-refractivity contribution is -0.115. The van der Waals surface area contributed by atoms with Gasteiger partial charge in [-0.15, -0.1) is 0 Å². The summed E-state index contributed by atoms with van der Waals surface area (Å²) in [6.07, 6.45) is 6.45. The second kappa shape index (κ2) is 11.1. The number of piperidine rings is 1. The summed E-state index contributed by atoms with van der Waals surface area (Å²) in [4.78, 5) is 14.7. The number of amides is 1. The first-order valence-electron chi connectivity index (χ1n) is 11.1. The highest BCUT2D eigenvalue weighted by atomic mass is 35.5. The van der Waals surface area contributed by atoms with E-state index in [9.17, 15) is 4.79 Å². The van der Waals surface area contributed by atoms with Gasteiger partial charge in [0.15, 0.2) is 5.11 Å². The number of nitrogens with one attached hydrogen (secondary N) is 2. The zero-order chi connectivity index (χ0) is 24.1. The molecule has 0 radical (unpaired) electrons. The van der Waals surface area contributed by atoms with Gasteiger partial charge in [0.25, 0.3) is 0 Å². The van der Waals surface area contributed by atoms with Gasteiger partial charge in [-0.05, 0) is 80.4 Å². The van der Waals surface area contributed by atoms with Gasteiger partial charge in [0.1, 0.15) is 11.5 Å². The van der Waals surface area contributed by atoms with Crippen LogP contribution in [0.15, 0.2) is 59.0 Å². The van der Waals surface area contributed by atoms with Gasteiger partial charge in [0, 0.05) is 29.8 Å². The average molecular weight is 514 g/mol. The Balaban J connectivity index is 1.38. The number of carbonyl (C=O) groups excluding carboxylic acids is 1. The van der Waals surface area contributed by atoms with Crippen molar-refractivity contribution in [2.75, 3.05) is 23.3 Å². The van der Waals surface area contributed by atoms with Crippen LogP contribution in [-0.2, 0) is 4.79 Å². The molecule has 1 aromatic heterocycles. The van der Waals surface area contributed by atoms with Crippen LogP contribution < -0.4 is 15.5 Å². The topological polar surface area (TPSA) is 57.5 Å². The van der Waals surface area contributed by atoms with Gasteiger partial charge < -0.3 is 14.6 Å². The van der Waals surface area contributed by atoms with E-state index in [2.05, 4.69) is 15.5 Å². The van der Waals surface area contributed by atoms with Gasteiger partial charge in [-0.1, -0.05) is 41.4 Å². The predicted molar refractivity (Wildman–Crippen MR) is 145 cm³/mol. The van der Waals surface area contributed by atoms with Crippen molar-refractivity contribution in [1.82, 2.24) is 5.32 Å². The number of rotatable bonds is 5. The van der Waals surface area contributed by atoms with Crippen LogP contribution in [0.2, 0.25) is 10.0 Å². The van der Waals surface area contributed by atoms with E-state index >= 15 is 0 Å². The van der Waals surface area contributed by atoms with Gasteiger partial charge >= 0.3 is 0 Å². The second-order valence-electron chi connectivity index (χ2n) is 8.13. The molecule has 1 saturated heterocycles. The number of hydrogen-bond donors (Lipinski definition) is 2. The highest BCUT2D eigenvalue weighted by molar-refractivity contribution is 7.80. The quantitative estimate of drug-likeness (QED) is 0.282. The standard InChI is InChI=1S/C26H25Cl2N3O2S/c1-17-8-9-18(16-21(17)28)23-12-10-19(33-23)11-13-24(32)30-26(34)29-22-7-5-6-20(27)25(22)31-14-3-2-4-15-31/h5-13,16H,2-4,14-15H2,1H3,(H2,29,30,32,34)/b13-11+. The Morgan fingerprint density at radius 2 is 1.85 bits per heavy atom. The molecule has 34 heavy (non-hydrogen) atoms. The van der Waals surface area contributed by atoms with E-state index in [-0.39, 0.29) is 11.0 Å². The van der Waals surface area contributed by atoms with Crippen LogP contribution in [0.1, 0.15) is 30.6 Å². The molecule has 1 aliphatic heterocycles. The Morgan fingerprint density at radius 1 is 1.06 bits per heavy atom. The first kappa shape index (κ1) is 24.3. The zero-order valence-corrected chi connectivity index (χ0v) is 21.1. The average Bonchev–Trinajstić information content (AvgIpc) is 3.29. The fourth-order valence-corrected chi connectivity index (χ4v) is 4.55. The Kier molecular flexibility index (Phi) is 7.93. The minimum atomic E-state index is -0.365. The molecule has 1 fully saturated rings. The number of hydrogen-bond acceptors (Lipinski definition) is 4. The lowest BCUT2D eigenvalue weighted by Crippen LogP contribution is -2.34. The smallest absolute Gasteiger partial charge is 0.250 e. The molecule has 0 unspecified atom stereocenters. The van der Waals surface area contributed by atoms with Gasteiger partial charge in [-0.25, -0.2) is 0 Å². The SMILES string of the molecule is Cc1ccc(-c2ccc(/C=C/C(=O)NC(=S)Nc3cccc(Cl)c3N3CCCCC3)o2)cc1Cl. The van der Waals surface area contributed by atoms with Crippen LogP contribution in [0, 0.1) is 6.92 Å². The van der Waals surface area contributed by atoms with E-state index in [1.165, 1.54) is 12.5 Å². The predicted octanol–water partition coefficient (Wildman–Crippen LogP) is 7.08. The molecule has 1 aliphatic rings. The van der Waals surface area contributed by atoms with Crippen molar-refractivity contribution in [2.24, 2.45) is 0 Å². The summed E-state index contributed by atoms with van der Waals surface area (Å²) < 4.78 is 5.82. The summed E-state index contributed by atoms with van der Waals surface area (Å²) in [6.45, 7) is 3.83.